The van der Waals surface area contributed by atoms with E-state index in [2.05, 4.69) is 27.7 Å². The van der Waals surface area contributed by atoms with Gasteiger partial charge >= 0.3 is 6.18 Å². The molecule has 0 amide bonds. The van der Waals surface area contributed by atoms with Crippen LogP contribution in [0.1, 0.15) is 31.1 Å². The molecule has 31 heavy (non-hydrogen) atoms. The molecule has 7 heteroatoms. The Kier molecular flexibility index (Phi) is 6.72. The number of nitrogens with zero attached hydrogens (tertiary/aromatic N) is 3. The van der Waals surface area contributed by atoms with Crippen molar-refractivity contribution in [2.24, 2.45) is 0 Å². The fourth-order valence-electron chi connectivity index (χ4n) is 4.71. The molecule has 1 aromatic heterocycles. The first-order chi connectivity index (χ1) is 14.9. The van der Waals surface area contributed by atoms with Gasteiger partial charge in [0.15, 0.2) is 0 Å². The highest BCUT2D eigenvalue weighted by Gasteiger charge is 2.32. The molecular weight excluding hydrogens is 403 g/mol. The van der Waals surface area contributed by atoms with Crippen molar-refractivity contribution in [3.05, 3.63) is 59.6 Å². The molecule has 0 unspecified atom stereocenters. The van der Waals surface area contributed by atoms with Crippen LogP contribution < -0.4 is 4.90 Å². The monoisotopic (exact) mass is 433 g/mol. The van der Waals surface area contributed by atoms with E-state index in [1.165, 1.54) is 30.5 Å². The predicted octanol–water partition coefficient (Wildman–Crippen LogP) is 4.99. The van der Waals surface area contributed by atoms with E-state index < -0.39 is 11.7 Å². The van der Waals surface area contributed by atoms with Crippen molar-refractivity contribution in [2.45, 2.75) is 32.0 Å². The zero-order chi connectivity index (χ0) is 21.8. The Morgan fingerprint density at radius 3 is 2.61 bits per heavy atom. The van der Waals surface area contributed by atoms with Gasteiger partial charge in [0.1, 0.15) is 5.76 Å². The zero-order valence-electron chi connectivity index (χ0n) is 17.9. The highest BCUT2D eigenvalue weighted by atomic mass is 19.4. The van der Waals surface area contributed by atoms with E-state index in [9.17, 15) is 13.2 Å². The molecule has 2 aliphatic rings. The summed E-state index contributed by atoms with van der Waals surface area (Å²) in [5.41, 5.74) is 1.37. The second-order valence-electron chi connectivity index (χ2n) is 8.61. The second-order valence-corrected chi connectivity index (χ2v) is 8.61. The number of piperazine rings is 1. The average molecular weight is 434 g/mol. The lowest BCUT2D eigenvalue weighted by Crippen LogP contribution is -2.55. The van der Waals surface area contributed by atoms with Crippen molar-refractivity contribution in [3.63, 3.8) is 0 Å². The van der Waals surface area contributed by atoms with E-state index in [1.807, 2.05) is 12.1 Å². The molecule has 0 saturated carbocycles. The lowest BCUT2D eigenvalue weighted by atomic mass is 10.0. The summed E-state index contributed by atoms with van der Waals surface area (Å²) in [7, 11) is 0. The first-order valence-electron chi connectivity index (χ1n) is 11.0. The van der Waals surface area contributed by atoms with Gasteiger partial charge in [-0.25, -0.2) is 0 Å². The largest absolute Gasteiger partial charge is 0.465 e. The van der Waals surface area contributed by atoms with E-state index in [1.54, 1.807) is 12.3 Å². The van der Waals surface area contributed by atoms with Crippen LogP contribution in [0.2, 0.25) is 0 Å². The second kappa shape index (κ2) is 9.49. The minimum atomic E-state index is -4.30. The number of furan rings is 1. The number of hydrogen-bond acceptors (Lipinski definition) is 4. The number of likely N-dealkylation sites (tertiary alicyclic amines) is 1. The molecule has 2 aliphatic heterocycles. The summed E-state index contributed by atoms with van der Waals surface area (Å²) in [6.45, 7) is 8.49. The number of piperidine rings is 1. The van der Waals surface area contributed by atoms with Crippen LogP contribution in [0, 0.1) is 0 Å². The van der Waals surface area contributed by atoms with Gasteiger partial charge in [-0.2, -0.15) is 13.2 Å². The van der Waals surface area contributed by atoms with Gasteiger partial charge < -0.3 is 9.32 Å². The summed E-state index contributed by atoms with van der Waals surface area (Å²) in [4.78, 5) is 7.09. The summed E-state index contributed by atoms with van der Waals surface area (Å²) in [6.07, 6.45) is 1.84. The lowest BCUT2D eigenvalue weighted by Gasteiger charge is -2.44. The van der Waals surface area contributed by atoms with E-state index in [-0.39, 0.29) is 0 Å². The van der Waals surface area contributed by atoms with Crippen molar-refractivity contribution in [2.75, 3.05) is 50.7 Å². The normalized spacial score (nSPS) is 22.1. The van der Waals surface area contributed by atoms with Crippen LogP contribution in [0.5, 0.6) is 0 Å². The third-order valence-electron chi connectivity index (χ3n) is 6.25. The minimum Gasteiger partial charge on any atom is -0.465 e. The molecule has 1 aromatic carbocycles. The van der Waals surface area contributed by atoms with Gasteiger partial charge in [-0.05, 0) is 62.7 Å². The van der Waals surface area contributed by atoms with Crippen molar-refractivity contribution >= 4 is 11.8 Å². The van der Waals surface area contributed by atoms with E-state index >= 15 is 0 Å². The first-order valence-corrected chi connectivity index (χ1v) is 11.0. The van der Waals surface area contributed by atoms with E-state index in [0.29, 0.717) is 11.7 Å². The molecule has 0 aliphatic carbocycles. The summed E-state index contributed by atoms with van der Waals surface area (Å²) < 4.78 is 44.5. The molecule has 1 atom stereocenters. The topological polar surface area (TPSA) is 22.9 Å². The third-order valence-corrected chi connectivity index (χ3v) is 6.25. The molecule has 2 aromatic rings. The van der Waals surface area contributed by atoms with Crippen molar-refractivity contribution in [3.8, 4) is 0 Å². The molecule has 0 radical (unpaired) electrons. The fraction of sp³-hybridized carbons (Fsp3) is 0.500. The third kappa shape index (κ3) is 5.71. The summed E-state index contributed by atoms with van der Waals surface area (Å²) in [5.74, 6) is 0.886. The molecule has 0 N–H and O–H groups in total. The average Bonchev–Trinajstić information content (AvgIpc) is 3.26. The Bertz CT molecular complexity index is 870. The summed E-state index contributed by atoms with van der Waals surface area (Å²) in [6, 6.07) is 10.1. The first kappa shape index (κ1) is 22.0. The molecule has 0 spiro atoms. The maximum Gasteiger partial charge on any atom is 0.416 e. The van der Waals surface area contributed by atoms with Gasteiger partial charge in [-0.1, -0.05) is 11.6 Å². The van der Waals surface area contributed by atoms with Crippen LogP contribution in [0.3, 0.4) is 0 Å². The van der Waals surface area contributed by atoms with Gasteiger partial charge in [0.25, 0.3) is 0 Å². The van der Waals surface area contributed by atoms with Crippen molar-refractivity contribution in [1.29, 1.82) is 0 Å². The fourth-order valence-corrected chi connectivity index (χ4v) is 4.71. The number of alkyl halides is 3. The Morgan fingerprint density at radius 1 is 1.10 bits per heavy atom. The van der Waals surface area contributed by atoms with Gasteiger partial charge in [0.05, 0.1) is 11.8 Å². The van der Waals surface area contributed by atoms with Crippen LogP contribution in [0.4, 0.5) is 18.9 Å². The Morgan fingerprint density at radius 2 is 1.90 bits per heavy atom. The molecule has 4 nitrogen and oxygen atoms in total. The van der Waals surface area contributed by atoms with E-state index in [0.717, 1.165) is 57.6 Å². The lowest BCUT2D eigenvalue weighted by molar-refractivity contribution is -0.137. The van der Waals surface area contributed by atoms with Crippen LogP contribution in [-0.2, 0) is 6.18 Å². The quantitative estimate of drug-likeness (QED) is 0.663. The molecule has 0 bridgehead atoms. The van der Waals surface area contributed by atoms with Crippen LogP contribution in [0.25, 0.3) is 6.08 Å². The summed E-state index contributed by atoms with van der Waals surface area (Å²) >= 11 is 0. The number of rotatable bonds is 5. The predicted molar refractivity (Wildman–Crippen MR) is 117 cm³/mol. The number of benzene rings is 1. The molecule has 168 valence electrons. The number of halogens is 3. The molecule has 3 heterocycles. The maximum absolute atomic E-state index is 13.0. The van der Waals surface area contributed by atoms with E-state index in [4.69, 9.17) is 4.42 Å². The zero-order valence-corrected chi connectivity index (χ0v) is 17.9. The smallest absolute Gasteiger partial charge is 0.416 e. The highest BCUT2D eigenvalue weighted by Crippen LogP contribution is 2.32. The van der Waals surface area contributed by atoms with Gasteiger partial charge in [0, 0.05) is 51.0 Å². The Balaban J connectivity index is 1.30. The van der Waals surface area contributed by atoms with Crippen LogP contribution in [0.15, 0.2) is 52.7 Å². The Hall–Kier alpha value is -2.25. The van der Waals surface area contributed by atoms with Crippen molar-refractivity contribution < 1.29 is 17.6 Å². The highest BCUT2D eigenvalue weighted by molar-refractivity contribution is 5.50. The van der Waals surface area contributed by atoms with Gasteiger partial charge in [0.2, 0.25) is 0 Å². The van der Waals surface area contributed by atoms with Gasteiger partial charge in [-0.3, -0.25) is 9.80 Å². The SMILES string of the molecule is C/C(=C\c1ccco1)CN1CCC[C@@H](N2CCN(c3cccc(C(F)(F)F)c3)CC2)C1. The molecule has 4 rings (SSSR count). The molecular formula is C24H30F3N3O. The summed E-state index contributed by atoms with van der Waals surface area (Å²) in [5, 5.41) is 0. The van der Waals surface area contributed by atoms with Crippen LogP contribution >= 0.6 is 0 Å². The van der Waals surface area contributed by atoms with Gasteiger partial charge in [-0.15, -0.1) is 0 Å². The molecule has 2 fully saturated rings. The van der Waals surface area contributed by atoms with Crippen molar-refractivity contribution in [1.82, 2.24) is 9.80 Å². The molecule has 2 saturated heterocycles. The number of anilines is 1. The standard InChI is InChI=1S/C24H30F3N3O/c1-19(15-23-8-4-14-31-23)17-28-9-3-7-22(18-28)30-12-10-29(11-13-30)21-6-2-5-20(16-21)24(25,26)27/h2,4-6,8,14-16,22H,3,7,9-13,17-18H2,1H3/b19-15+/t22-/m1/s1. The maximum atomic E-state index is 13.0. The van der Waals surface area contributed by atoms with Crippen LogP contribution in [-0.4, -0.2) is 61.7 Å². The minimum absolute atomic E-state index is 0.508. The Labute approximate surface area is 181 Å². The number of hydrogen-bond donors (Lipinski definition) is 0.